The molecule has 1 aromatic carbocycles. The van der Waals surface area contributed by atoms with E-state index in [0.717, 1.165) is 36.5 Å². The molecular weight excluding hydrogens is 324 g/mol. The summed E-state index contributed by atoms with van der Waals surface area (Å²) in [5, 5.41) is 11.7. The van der Waals surface area contributed by atoms with Crippen molar-refractivity contribution in [1.82, 2.24) is 30.2 Å². The maximum Gasteiger partial charge on any atom is 0.240 e. The quantitative estimate of drug-likeness (QED) is 0.755. The molecule has 128 valence electrons. The Kier molecular flexibility index (Phi) is 3.37. The molecule has 0 saturated carbocycles. The Labute approximate surface area is 143 Å². The van der Waals surface area contributed by atoms with Gasteiger partial charge < -0.3 is 19.3 Å². The van der Waals surface area contributed by atoms with Gasteiger partial charge in [-0.25, -0.2) is 9.67 Å². The van der Waals surface area contributed by atoms with Crippen molar-refractivity contribution >= 4 is 0 Å². The largest absolute Gasteiger partial charge is 0.454 e. The summed E-state index contributed by atoms with van der Waals surface area (Å²) in [6.45, 7) is 1.57. The predicted molar refractivity (Wildman–Crippen MR) is 84.8 cm³/mol. The summed E-state index contributed by atoms with van der Waals surface area (Å²) < 4.78 is 18.0. The fourth-order valence-corrected chi connectivity index (χ4v) is 3.12. The van der Waals surface area contributed by atoms with Crippen LogP contribution in [0.4, 0.5) is 0 Å². The van der Waals surface area contributed by atoms with Crippen LogP contribution in [-0.4, -0.2) is 37.7 Å². The Bertz CT molecular complexity index is 905. The van der Waals surface area contributed by atoms with Crippen LogP contribution in [0.5, 0.6) is 11.5 Å². The number of fused-ring (bicyclic) bond motifs is 2. The molecule has 1 atom stereocenters. The number of hydrogen-bond donors (Lipinski definition) is 1. The molecular formula is C16H16N6O3. The van der Waals surface area contributed by atoms with Crippen molar-refractivity contribution in [1.29, 1.82) is 0 Å². The molecule has 4 heterocycles. The number of aromatic nitrogens is 5. The second-order valence-corrected chi connectivity index (χ2v) is 6.05. The summed E-state index contributed by atoms with van der Waals surface area (Å²) in [5.74, 6) is 3.57. The summed E-state index contributed by atoms with van der Waals surface area (Å²) in [6, 6.07) is 5.92. The van der Waals surface area contributed by atoms with Gasteiger partial charge in [0.2, 0.25) is 18.5 Å². The highest BCUT2D eigenvalue weighted by molar-refractivity contribution is 5.61. The summed E-state index contributed by atoms with van der Waals surface area (Å²) in [7, 11) is 0. The normalized spacial score (nSPS) is 18.3. The summed E-state index contributed by atoms with van der Waals surface area (Å²) >= 11 is 0. The average molecular weight is 340 g/mol. The highest BCUT2D eigenvalue weighted by Gasteiger charge is 2.20. The zero-order chi connectivity index (χ0) is 16.6. The molecule has 0 unspecified atom stereocenters. The second kappa shape index (κ2) is 5.85. The summed E-state index contributed by atoms with van der Waals surface area (Å²) in [4.78, 5) is 8.69. The van der Waals surface area contributed by atoms with Crippen molar-refractivity contribution in [3.05, 3.63) is 36.2 Å². The maximum atomic E-state index is 5.38. The molecule has 5 rings (SSSR count). The molecule has 0 spiro atoms. The van der Waals surface area contributed by atoms with E-state index in [4.69, 9.17) is 14.0 Å². The minimum absolute atomic E-state index is 0.245. The van der Waals surface area contributed by atoms with Gasteiger partial charge in [-0.2, -0.15) is 10.1 Å². The van der Waals surface area contributed by atoms with E-state index in [1.807, 2.05) is 22.9 Å². The van der Waals surface area contributed by atoms with E-state index in [9.17, 15) is 0 Å². The monoisotopic (exact) mass is 340 g/mol. The number of hydrogen-bond acceptors (Lipinski definition) is 8. The molecule has 0 aliphatic carbocycles. The van der Waals surface area contributed by atoms with Crippen LogP contribution in [0.25, 0.3) is 11.4 Å². The van der Waals surface area contributed by atoms with Crippen LogP contribution in [0, 0.1) is 0 Å². The molecule has 2 aliphatic heterocycles. The number of nitrogens with one attached hydrogen (secondary N) is 1. The first-order valence-electron chi connectivity index (χ1n) is 8.18. The Hall–Kier alpha value is -2.94. The smallest absolute Gasteiger partial charge is 0.240 e. The Morgan fingerprint density at radius 3 is 3.20 bits per heavy atom. The zero-order valence-corrected chi connectivity index (χ0v) is 13.4. The first kappa shape index (κ1) is 14.4. The van der Waals surface area contributed by atoms with Crippen molar-refractivity contribution in [2.75, 3.05) is 6.79 Å². The van der Waals surface area contributed by atoms with Gasteiger partial charge in [0, 0.05) is 18.0 Å². The van der Waals surface area contributed by atoms with E-state index >= 15 is 0 Å². The molecule has 0 amide bonds. The third-order valence-corrected chi connectivity index (χ3v) is 4.45. The zero-order valence-electron chi connectivity index (χ0n) is 13.4. The number of ether oxygens (including phenoxy) is 2. The van der Waals surface area contributed by atoms with E-state index in [1.165, 1.54) is 0 Å². The van der Waals surface area contributed by atoms with Gasteiger partial charge in [-0.05, 0) is 24.6 Å². The lowest BCUT2D eigenvalue weighted by atomic mass is 10.1. The highest BCUT2D eigenvalue weighted by Crippen LogP contribution is 2.35. The fourth-order valence-electron chi connectivity index (χ4n) is 3.12. The first-order chi connectivity index (χ1) is 12.3. The Morgan fingerprint density at radius 2 is 2.20 bits per heavy atom. The van der Waals surface area contributed by atoms with E-state index in [2.05, 4.69) is 25.5 Å². The molecule has 2 aliphatic rings. The van der Waals surface area contributed by atoms with E-state index in [-0.39, 0.29) is 6.79 Å². The maximum absolute atomic E-state index is 5.38. The SMILES string of the molecule is c1nc2n(n1)C[C@@H](NCc1nc(-c3ccc4c(c3)OCO4)no1)CC2. The number of nitrogens with zero attached hydrogens (tertiary/aromatic N) is 5. The van der Waals surface area contributed by atoms with Crippen LogP contribution >= 0.6 is 0 Å². The van der Waals surface area contributed by atoms with Crippen molar-refractivity contribution in [3.8, 4) is 22.9 Å². The van der Waals surface area contributed by atoms with Gasteiger partial charge >= 0.3 is 0 Å². The minimum Gasteiger partial charge on any atom is -0.454 e. The summed E-state index contributed by atoms with van der Waals surface area (Å²) in [6.07, 6.45) is 3.54. The molecule has 9 nitrogen and oxygen atoms in total. The van der Waals surface area contributed by atoms with Gasteiger partial charge in [-0.3, -0.25) is 0 Å². The highest BCUT2D eigenvalue weighted by atomic mass is 16.7. The van der Waals surface area contributed by atoms with Crippen molar-refractivity contribution in [2.45, 2.75) is 32.0 Å². The molecule has 9 heteroatoms. The minimum atomic E-state index is 0.245. The molecule has 0 saturated heterocycles. The first-order valence-corrected chi connectivity index (χ1v) is 8.18. The standard InChI is InChI=1S/C16H16N6O3/c1-3-12-13(24-9-23-12)5-10(1)16-20-15(25-21-16)6-17-11-2-4-14-18-8-19-22(14)7-11/h1,3,5,8,11,17H,2,4,6-7,9H2/t11-/m0/s1. The number of rotatable bonds is 4. The Balaban J connectivity index is 1.25. The van der Waals surface area contributed by atoms with E-state index < -0.39 is 0 Å². The van der Waals surface area contributed by atoms with Crippen molar-refractivity contribution < 1.29 is 14.0 Å². The second-order valence-electron chi connectivity index (χ2n) is 6.05. The molecule has 2 aromatic heterocycles. The van der Waals surface area contributed by atoms with E-state index in [0.29, 0.717) is 30.1 Å². The van der Waals surface area contributed by atoms with Gasteiger partial charge in [0.15, 0.2) is 11.5 Å². The van der Waals surface area contributed by atoms with Crippen molar-refractivity contribution in [2.24, 2.45) is 0 Å². The van der Waals surface area contributed by atoms with Crippen LogP contribution in [0.1, 0.15) is 18.1 Å². The molecule has 0 fully saturated rings. The lowest BCUT2D eigenvalue weighted by Crippen LogP contribution is -2.37. The third-order valence-electron chi connectivity index (χ3n) is 4.45. The van der Waals surface area contributed by atoms with Crippen molar-refractivity contribution in [3.63, 3.8) is 0 Å². The van der Waals surface area contributed by atoms with Crippen LogP contribution in [-0.2, 0) is 19.5 Å². The van der Waals surface area contributed by atoms with Gasteiger partial charge in [-0.1, -0.05) is 5.16 Å². The topological polar surface area (TPSA) is 100 Å². The molecule has 1 N–H and O–H groups in total. The third kappa shape index (κ3) is 2.72. The molecule has 25 heavy (non-hydrogen) atoms. The van der Waals surface area contributed by atoms with Gasteiger partial charge in [0.25, 0.3) is 0 Å². The number of benzene rings is 1. The summed E-state index contributed by atoms with van der Waals surface area (Å²) in [5.41, 5.74) is 0.837. The average Bonchev–Trinajstić information content (AvgIpc) is 3.38. The van der Waals surface area contributed by atoms with Crippen LogP contribution in [0.3, 0.4) is 0 Å². The molecule has 0 bridgehead atoms. The fraction of sp³-hybridized carbons (Fsp3) is 0.375. The number of aryl methyl sites for hydroxylation is 1. The lowest BCUT2D eigenvalue weighted by molar-refractivity contribution is 0.174. The lowest BCUT2D eigenvalue weighted by Gasteiger charge is -2.22. The molecule has 3 aromatic rings. The molecule has 0 radical (unpaired) electrons. The Morgan fingerprint density at radius 1 is 1.24 bits per heavy atom. The van der Waals surface area contributed by atoms with E-state index in [1.54, 1.807) is 6.33 Å². The van der Waals surface area contributed by atoms with Crippen LogP contribution in [0.15, 0.2) is 29.0 Å². The predicted octanol–water partition coefficient (Wildman–Crippen LogP) is 1.16. The van der Waals surface area contributed by atoms with Crippen LogP contribution in [0.2, 0.25) is 0 Å². The van der Waals surface area contributed by atoms with Gasteiger partial charge in [-0.15, -0.1) is 0 Å². The van der Waals surface area contributed by atoms with Crippen LogP contribution < -0.4 is 14.8 Å². The van der Waals surface area contributed by atoms with Gasteiger partial charge in [0.1, 0.15) is 12.2 Å². The van der Waals surface area contributed by atoms with Gasteiger partial charge in [0.05, 0.1) is 13.1 Å².